The fourth-order valence-electron chi connectivity index (χ4n) is 5.21. The lowest BCUT2D eigenvalue weighted by Gasteiger charge is -2.34. The van der Waals surface area contributed by atoms with E-state index < -0.39 is 5.41 Å². The zero-order chi connectivity index (χ0) is 26.0. The standard InChI is InChI=1S/C31H45N3O2/c1-5-31(2,3)29(35)30(36)34-22-12-20-28(34)24-33(4)27(18-9-15-25-13-7-6-8-14-25)19-10-16-26-17-11-21-32-23-26/h6-8,11,13-14,17,21,23,27-28H,5,9-10,12,15-16,18-20,22,24H2,1-4H3/t27?,28-/m0/s1. The van der Waals surface area contributed by atoms with Crippen molar-refractivity contribution in [2.24, 2.45) is 5.41 Å². The molecule has 2 aromatic rings. The van der Waals surface area contributed by atoms with E-state index in [-0.39, 0.29) is 17.7 Å². The fourth-order valence-corrected chi connectivity index (χ4v) is 5.21. The highest BCUT2D eigenvalue weighted by molar-refractivity contribution is 6.38. The van der Waals surface area contributed by atoms with Crippen molar-refractivity contribution in [3.63, 3.8) is 0 Å². The number of hydrogen-bond donors (Lipinski definition) is 0. The highest BCUT2D eigenvalue weighted by Gasteiger charge is 2.39. The Morgan fingerprint density at radius 1 is 1.06 bits per heavy atom. The molecule has 0 radical (unpaired) electrons. The summed E-state index contributed by atoms with van der Waals surface area (Å²) in [6, 6.07) is 15.4. The summed E-state index contributed by atoms with van der Waals surface area (Å²) in [5, 5.41) is 0. The summed E-state index contributed by atoms with van der Waals surface area (Å²) in [6.07, 6.45) is 13.0. The molecule has 1 saturated heterocycles. The van der Waals surface area contributed by atoms with Gasteiger partial charge in [0.05, 0.1) is 0 Å². The van der Waals surface area contributed by atoms with Gasteiger partial charge in [-0.15, -0.1) is 0 Å². The quantitative estimate of drug-likeness (QED) is 0.317. The molecule has 1 unspecified atom stereocenters. The molecule has 0 N–H and O–H groups in total. The summed E-state index contributed by atoms with van der Waals surface area (Å²) in [4.78, 5) is 34.6. The number of carbonyl (C=O) groups excluding carboxylic acids is 2. The van der Waals surface area contributed by atoms with Crippen LogP contribution in [0.3, 0.4) is 0 Å². The number of hydrogen-bond acceptors (Lipinski definition) is 4. The largest absolute Gasteiger partial charge is 0.332 e. The first-order valence-electron chi connectivity index (χ1n) is 13.8. The maximum Gasteiger partial charge on any atom is 0.290 e. The van der Waals surface area contributed by atoms with Gasteiger partial charge in [0, 0.05) is 43.0 Å². The Kier molecular flexibility index (Phi) is 10.7. The number of carbonyl (C=O) groups is 2. The van der Waals surface area contributed by atoms with Crippen LogP contribution in [0.2, 0.25) is 0 Å². The Bertz CT molecular complexity index is 899. The Hall–Kier alpha value is -2.53. The third-order valence-corrected chi connectivity index (χ3v) is 8.02. The summed E-state index contributed by atoms with van der Waals surface area (Å²) in [7, 11) is 2.20. The van der Waals surface area contributed by atoms with Crippen LogP contribution in [-0.2, 0) is 22.4 Å². The second-order valence-corrected chi connectivity index (χ2v) is 11.1. The first-order valence-corrected chi connectivity index (χ1v) is 13.8. The van der Waals surface area contributed by atoms with E-state index in [0.717, 1.165) is 57.9 Å². The summed E-state index contributed by atoms with van der Waals surface area (Å²) < 4.78 is 0. The molecule has 1 fully saturated rings. The predicted octanol–water partition coefficient (Wildman–Crippen LogP) is 5.72. The molecule has 5 heteroatoms. The van der Waals surface area contributed by atoms with Gasteiger partial charge in [-0.1, -0.05) is 57.2 Å². The molecule has 0 saturated carbocycles. The molecule has 2 atom stereocenters. The number of Topliss-reactive ketones (excluding diaryl/α,β-unsaturated/α-hetero) is 1. The molecule has 0 bridgehead atoms. The third kappa shape index (κ3) is 7.99. The van der Waals surface area contributed by atoms with Crippen LogP contribution in [-0.4, -0.2) is 58.7 Å². The Balaban J connectivity index is 1.61. The summed E-state index contributed by atoms with van der Waals surface area (Å²) in [5.74, 6) is -0.523. The van der Waals surface area contributed by atoms with E-state index in [1.165, 1.54) is 11.1 Å². The number of nitrogens with zero attached hydrogens (tertiary/aromatic N) is 3. The minimum atomic E-state index is -0.595. The lowest BCUT2D eigenvalue weighted by Crippen LogP contribution is -2.49. The zero-order valence-electron chi connectivity index (χ0n) is 22.8. The van der Waals surface area contributed by atoms with Gasteiger partial charge >= 0.3 is 0 Å². The molecular weight excluding hydrogens is 446 g/mol. The van der Waals surface area contributed by atoms with Crippen molar-refractivity contribution in [2.75, 3.05) is 20.1 Å². The first-order chi connectivity index (χ1) is 17.3. The minimum Gasteiger partial charge on any atom is -0.332 e. The van der Waals surface area contributed by atoms with Gasteiger partial charge in [-0.25, -0.2) is 0 Å². The van der Waals surface area contributed by atoms with Crippen LogP contribution >= 0.6 is 0 Å². The van der Waals surface area contributed by atoms with Gasteiger partial charge in [0.1, 0.15) is 0 Å². The fraction of sp³-hybridized carbons (Fsp3) is 0.581. The number of benzene rings is 1. The lowest BCUT2D eigenvalue weighted by molar-refractivity contribution is -0.150. The average molecular weight is 492 g/mol. The van der Waals surface area contributed by atoms with E-state index in [2.05, 4.69) is 53.3 Å². The van der Waals surface area contributed by atoms with Crippen molar-refractivity contribution in [3.05, 3.63) is 66.0 Å². The van der Waals surface area contributed by atoms with E-state index in [4.69, 9.17) is 0 Å². The molecular formula is C31H45N3O2. The van der Waals surface area contributed by atoms with Gasteiger partial charge in [-0.3, -0.25) is 14.6 Å². The molecule has 1 aliphatic heterocycles. The van der Waals surface area contributed by atoms with E-state index in [0.29, 0.717) is 19.0 Å². The van der Waals surface area contributed by atoms with Gasteiger partial charge in [0.2, 0.25) is 5.78 Å². The lowest BCUT2D eigenvalue weighted by atomic mass is 9.84. The number of likely N-dealkylation sites (N-methyl/N-ethyl adjacent to an activating group) is 1. The maximum absolute atomic E-state index is 13.1. The number of ketones is 1. The number of rotatable bonds is 14. The second kappa shape index (κ2) is 13.7. The summed E-state index contributed by atoms with van der Waals surface area (Å²) in [6.45, 7) is 7.27. The number of likely N-dealkylation sites (tertiary alicyclic amines) is 1. The van der Waals surface area contributed by atoms with Crippen LogP contribution in [0, 0.1) is 5.41 Å². The number of aryl methyl sites for hydroxylation is 2. The number of pyridine rings is 1. The van der Waals surface area contributed by atoms with Crippen molar-refractivity contribution in [1.29, 1.82) is 0 Å². The molecule has 1 aromatic heterocycles. The average Bonchev–Trinajstić information content (AvgIpc) is 3.36. The Morgan fingerprint density at radius 2 is 1.72 bits per heavy atom. The Labute approximate surface area is 218 Å². The molecule has 0 aliphatic carbocycles. The molecule has 1 aliphatic rings. The van der Waals surface area contributed by atoms with Gasteiger partial charge in [0.25, 0.3) is 5.91 Å². The zero-order valence-corrected chi connectivity index (χ0v) is 22.8. The number of aromatic nitrogens is 1. The topological polar surface area (TPSA) is 53.5 Å². The summed E-state index contributed by atoms with van der Waals surface area (Å²) in [5.41, 5.74) is 2.08. The monoisotopic (exact) mass is 491 g/mol. The van der Waals surface area contributed by atoms with Crippen LogP contribution in [0.1, 0.15) is 76.8 Å². The molecule has 0 spiro atoms. The van der Waals surface area contributed by atoms with E-state index in [9.17, 15) is 9.59 Å². The van der Waals surface area contributed by atoms with E-state index in [1.807, 2.05) is 44.1 Å². The molecule has 196 valence electrons. The SMILES string of the molecule is CCC(C)(C)C(=O)C(=O)N1CCC[C@H]1CN(C)C(CCCc1ccccc1)CCCc1cccnc1. The first kappa shape index (κ1) is 28.0. The van der Waals surface area contributed by atoms with Gasteiger partial charge in [-0.05, 0) is 82.0 Å². The molecule has 36 heavy (non-hydrogen) atoms. The summed E-state index contributed by atoms with van der Waals surface area (Å²) >= 11 is 0. The maximum atomic E-state index is 13.1. The van der Waals surface area contributed by atoms with Crippen LogP contribution in [0.15, 0.2) is 54.9 Å². The van der Waals surface area contributed by atoms with Crippen molar-refractivity contribution < 1.29 is 9.59 Å². The molecule has 1 amide bonds. The highest BCUT2D eigenvalue weighted by atomic mass is 16.2. The second-order valence-electron chi connectivity index (χ2n) is 11.1. The third-order valence-electron chi connectivity index (χ3n) is 8.02. The van der Waals surface area contributed by atoms with Crippen molar-refractivity contribution in [3.8, 4) is 0 Å². The number of amides is 1. The van der Waals surface area contributed by atoms with E-state index in [1.54, 1.807) is 0 Å². The van der Waals surface area contributed by atoms with Crippen LogP contribution in [0.5, 0.6) is 0 Å². The smallest absolute Gasteiger partial charge is 0.290 e. The minimum absolute atomic E-state index is 0.119. The molecule has 5 nitrogen and oxygen atoms in total. The van der Waals surface area contributed by atoms with Crippen molar-refractivity contribution >= 4 is 11.7 Å². The van der Waals surface area contributed by atoms with Gasteiger partial charge < -0.3 is 9.80 Å². The molecule has 2 heterocycles. The van der Waals surface area contributed by atoms with Crippen molar-refractivity contribution in [2.45, 2.75) is 90.6 Å². The predicted molar refractivity (Wildman–Crippen MR) is 147 cm³/mol. The highest BCUT2D eigenvalue weighted by Crippen LogP contribution is 2.27. The van der Waals surface area contributed by atoms with Crippen LogP contribution in [0.4, 0.5) is 0 Å². The van der Waals surface area contributed by atoms with E-state index >= 15 is 0 Å². The Morgan fingerprint density at radius 3 is 2.36 bits per heavy atom. The van der Waals surface area contributed by atoms with Crippen LogP contribution < -0.4 is 0 Å². The molecule has 3 rings (SSSR count). The van der Waals surface area contributed by atoms with Gasteiger partial charge in [-0.2, -0.15) is 0 Å². The van der Waals surface area contributed by atoms with Crippen LogP contribution in [0.25, 0.3) is 0 Å². The van der Waals surface area contributed by atoms with Crippen molar-refractivity contribution in [1.82, 2.24) is 14.8 Å². The molecule has 1 aromatic carbocycles. The van der Waals surface area contributed by atoms with Gasteiger partial charge in [0.15, 0.2) is 0 Å². The normalized spacial score (nSPS) is 16.9.